The summed E-state index contributed by atoms with van der Waals surface area (Å²) >= 11 is 1.75. The minimum atomic E-state index is -0.534. The van der Waals surface area contributed by atoms with Crippen molar-refractivity contribution in [2.45, 2.75) is 64.4 Å². The predicted molar refractivity (Wildman–Crippen MR) is 74.4 cm³/mol. The summed E-state index contributed by atoms with van der Waals surface area (Å²) in [4.78, 5) is 1.31. The molecule has 0 bridgehead atoms. The van der Waals surface area contributed by atoms with Crippen molar-refractivity contribution >= 4 is 11.3 Å². The number of aryl methyl sites for hydroxylation is 1. The molecule has 1 aliphatic rings. The van der Waals surface area contributed by atoms with Crippen molar-refractivity contribution in [3.8, 4) is 0 Å². The SMILES string of the molecule is CCCC1CCCC(O)(c2csc(C)c2)CC1. The van der Waals surface area contributed by atoms with Crippen molar-refractivity contribution < 1.29 is 5.11 Å². The molecule has 1 aromatic rings. The average molecular weight is 252 g/mol. The van der Waals surface area contributed by atoms with Gasteiger partial charge in [0.15, 0.2) is 0 Å². The molecule has 0 saturated heterocycles. The highest BCUT2D eigenvalue weighted by atomic mass is 32.1. The van der Waals surface area contributed by atoms with E-state index in [2.05, 4.69) is 25.3 Å². The molecule has 1 aliphatic carbocycles. The first-order valence-electron chi connectivity index (χ1n) is 6.92. The lowest BCUT2D eigenvalue weighted by atomic mass is 9.87. The van der Waals surface area contributed by atoms with E-state index in [9.17, 15) is 5.11 Å². The average Bonchev–Trinajstić information content (AvgIpc) is 2.65. The molecule has 1 aromatic heterocycles. The highest BCUT2D eigenvalue weighted by Gasteiger charge is 2.32. The first-order chi connectivity index (χ1) is 8.14. The Labute approximate surface area is 109 Å². The van der Waals surface area contributed by atoms with Crippen LogP contribution in [-0.4, -0.2) is 5.11 Å². The van der Waals surface area contributed by atoms with Crippen molar-refractivity contribution in [2.75, 3.05) is 0 Å². The van der Waals surface area contributed by atoms with E-state index in [-0.39, 0.29) is 0 Å². The molecule has 0 spiro atoms. The molecule has 1 heterocycles. The maximum Gasteiger partial charge on any atom is 0.0904 e. The van der Waals surface area contributed by atoms with E-state index in [0.717, 1.165) is 24.3 Å². The maximum atomic E-state index is 10.8. The first kappa shape index (κ1) is 13.1. The molecule has 1 nitrogen and oxygen atoms in total. The fraction of sp³-hybridized carbons (Fsp3) is 0.733. The Morgan fingerprint density at radius 2 is 2.24 bits per heavy atom. The lowest BCUT2D eigenvalue weighted by Gasteiger charge is -2.26. The van der Waals surface area contributed by atoms with E-state index >= 15 is 0 Å². The molecule has 2 heteroatoms. The van der Waals surface area contributed by atoms with Gasteiger partial charge in [-0.25, -0.2) is 0 Å². The maximum absolute atomic E-state index is 10.8. The van der Waals surface area contributed by atoms with Gasteiger partial charge in [-0.15, -0.1) is 11.3 Å². The smallest absolute Gasteiger partial charge is 0.0904 e. The molecule has 2 unspecified atom stereocenters. The van der Waals surface area contributed by atoms with Crippen LogP contribution in [0.1, 0.15) is 62.3 Å². The minimum absolute atomic E-state index is 0.534. The van der Waals surface area contributed by atoms with Crippen LogP contribution in [-0.2, 0) is 5.60 Å². The predicted octanol–water partition coefficient (Wildman–Crippen LogP) is 4.62. The van der Waals surface area contributed by atoms with Gasteiger partial charge in [0.2, 0.25) is 0 Å². The Morgan fingerprint density at radius 3 is 2.88 bits per heavy atom. The topological polar surface area (TPSA) is 20.2 Å². The zero-order chi connectivity index (χ0) is 12.3. The van der Waals surface area contributed by atoms with Crippen LogP contribution in [0.15, 0.2) is 11.4 Å². The molecular weight excluding hydrogens is 228 g/mol. The Balaban J connectivity index is 2.06. The van der Waals surface area contributed by atoms with Crippen molar-refractivity contribution in [1.29, 1.82) is 0 Å². The lowest BCUT2D eigenvalue weighted by molar-refractivity contribution is 0.0199. The Morgan fingerprint density at radius 1 is 1.41 bits per heavy atom. The molecule has 0 aromatic carbocycles. The minimum Gasteiger partial charge on any atom is -0.385 e. The summed E-state index contributed by atoms with van der Waals surface area (Å²) in [6.07, 6.45) is 8.19. The van der Waals surface area contributed by atoms with Gasteiger partial charge in [0.05, 0.1) is 5.60 Å². The van der Waals surface area contributed by atoms with Gasteiger partial charge >= 0.3 is 0 Å². The summed E-state index contributed by atoms with van der Waals surface area (Å²) in [5, 5.41) is 13.0. The monoisotopic (exact) mass is 252 g/mol. The van der Waals surface area contributed by atoms with Crippen LogP contribution in [0.3, 0.4) is 0 Å². The van der Waals surface area contributed by atoms with E-state index in [0.29, 0.717) is 0 Å². The summed E-state index contributed by atoms with van der Waals surface area (Å²) in [7, 11) is 0. The molecule has 1 fully saturated rings. The van der Waals surface area contributed by atoms with Gasteiger partial charge in [0.25, 0.3) is 0 Å². The van der Waals surface area contributed by atoms with Crippen molar-refractivity contribution in [3.05, 3.63) is 21.9 Å². The largest absolute Gasteiger partial charge is 0.385 e. The molecule has 96 valence electrons. The fourth-order valence-electron chi connectivity index (χ4n) is 3.07. The van der Waals surface area contributed by atoms with E-state index in [4.69, 9.17) is 0 Å². The third kappa shape index (κ3) is 3.11. The number of hydrogen-bond acceptors (Lipinski definition) is 2. The molecule has 2 rings (SSSR count). The van der Waals surface area contributed by atoms with Crippen LogP contribution in [0.25, 0.3) is 0 Å². The Bertz CT molecular complexity index is 358. The number of thiophene rings is 1. The Kier molecular flexibility index (Phi) is 4.26. The first-order valence-corrected chi connectivity index (χ1v) is 7.80. The van der Waals surface area contributed by atoms with E-state index in [1.807, 2.05) is 0 Å². The third-order valence-electron chi connectivity index (χ3n) is 4.13. The van der Waals surface area contributed by atoms with Gasteiger partial charge in [0, 0.05) is 4.88 Å². The van der Waals surface area contributed by atoms with Gasteiger partial charge in [-0.05, 0) is 55.5 Å². The van der Waals surface area contributed by atoms with Gasteiger partial charge in [-0.3, -0.25) is 0 Å². The van der Waals surface area contributed by atoms with Gasteiger partial charge in [-0.1, -0.05) is 26.2 Å². The highest BCUT2D eigenvalue weighted by molar-refractivity contribution is 7.10. The van der Waals surface area contributed by atoms with Crippen molar-refractivity contribution in [2.24, 2.45) is 5.92 Å². The van der Waals surface area contributed by atoms with Crippen LogP contribution < -0.4 is 0 Å². The van der Waals surface area contributed by atoms with Gasteiger partial charge < -0.3 is 5.11 Å². The van der Waals surface area contributed by atoms with E-state index < -0.39 is 5.60 Å². The normalized spacial score (nSPS) is 30.2. The number of aliphatic hydroxyl groups is 1. The molecule has 1 saturated carbocycles. The molecule has 0 radical (unpaired) electrons. The molecule has 2 atom stereocenters. The van der Waals surface area contributed by atoms with E-state index in [1.165, 1.54) is 37.0 Å². The van der Waals surface area contributed by atoms with Crippen LogP contribution in [0.4, 0.5) is 0 Å². The van der Waals surface area contributed by atoms with Crippen LogP contribution in [0.5, 0.6) is 0 Å². The van der Waals surface area contributed by atoms with Crippen molar-refractivity contribution in [1.82, 2.24) is 0 Å². The number of hydrogen-bond donors (Lipinski definition) is 1. The molecular formula is C15H24OS. The summed E-state index contributed by atoms with van der Waals surface area (Å²) in [5.74, 6) is 0.841. The lowest BCUT2D eigenvalue weighted by Crippen LogP contribution is -2.24. The highest BCUT2D eigenvalue weighted by Crippen LogP contribution is 2.40. The Hall–Kier alpha value is -0.340. The van der Waals surface area contributed by atoms with E-state index in [1.54, 1.807) is 11.3 Å². The van der Waals surface area contributed by atoms with Crippen molar-refractivity contribution in [3.63, 3.8) is 0 Å². The second kappa shape index (κ2) is 5.53. The summed E-state index contributed by atoms with van der Waals surface area (Å²) in [5.41, 5.74) is 0.630. The summed E-state index contributed by atoms with van der Waals surface area (Å²) in [6, 6.07) is 2.17. The summed E-state index contributed by atoms with van der Waals surface area (Å²) in [6.45, 7) is 4.38. The van der Waals surface area contributed by atoms with Gasteiger partial charge in [0.1, 0.15) is 0 Å². The molecule has 0 aliphatic heterocycles. The second-order valence-electron chi connectivity index (χ2n) is 5.56. The van der Waals surface area contributed by atoms with Crippen LogP contribution in [0, 0.1) is 12.8 Å². The molecule has 1 N–H and O–H groups in total. The summed E-state index contributed by atoms with van der Waals surface area (Å²) < 4.78 is 0. The van der Waals surface area contributed by atoms with Gasteiger partial charge in [-0.2, -0.15) is 0 Å². The fourth-order valence-corrected chi connectivity index (χ4v) is 3.86. The second-order valence-corrected chi connectivity index (χ2v) is 6.68. The standard InChI is InChI=1S/C15H24OS/c1-3-5-13-6-4-8-15(16,9-7-13)14-10-12(2)17-11-14/h10-11,13,16H,3-9H2,1-2H3. The van der Waals surface area contributed by atoms with Crippen LogP contribution in [0.2, 0.25) is 0 Å². The molecule has 17 heavy (non-hydrogen) atoms. The zero-order valence-electron chi connectivity index (χ0n) is 11.0. The third-order valence-corrected chi connectivity index (χ3v) is 5.00. The quantitative estimate of drug-likeness (QED) is 0.778. The molecule has 0 amide bonds. The number of rotatable bonds is 3. The van der Waals surface area contributed by atoms with Crippen LogP contribution >= 0.6 is 11.3 Å². The zero-order valence-corrected chi connectivity index (χ0v) is 11.9.